The van der Waals surface area contributed by atoms with Crippen LogP contribution >= 0.6 is 0 Å². The van der Waals surface area contributed by atoms with E-state index in [1.165, 1.54) is 5.56 Å². The molecule has 0 aliphatic carbocycles. The predicted molar refractivity (Wildman–Crippen MR) is 76.0 cm³/mol. The number of fused-ring (bicyclic) bond motifs is 1. The largest absolute Gasteiger partial charge is 0.351 e. The van der Waals surface area contributed by atoms with E-state index in [-0.39, 0.29) is 0 Å². The monoisotopic (exact) mass is 255 g/mol. The van der Waals surface area contributed by atoms with Gasteiger partial charge in [0.25, 0.3) is 0 Å². The van der Waals surface area contributed by atoms with Gasteiger partial charge in [-0.05, 0) is 19.1 Å². The Bertz CT molecular complexity index is 723. The van der Waals surface area contributed by atoms with Crippen molar-refractivity contribution in [1.82, 2.24) is 19.3 Å². The maximum absolute atomic E-state index is 4.59. The Morgan fingerprint density at radius 1 is 1.21 bits per heavy atom. The van der Waals surface area contributed by atoms with Crippen molar-refractivity contribution in [2.24, 2.45) is 14.1 Å². The number of nitrogens with one attached hydrogen (secondary N) is 1. The maximum Gasteiger partial charge on any atom is 0.203 e. The summed E-state index contributed by atoms with van der Waals surface area (Å²) in [7, 11) is 3.96. The number of aromatic nitrogens is 4. The van der Waals surface area contributed by atoms with Crippen molar-refractivity contribution < 1.29 is 0 Å². The van der Waals surface area contributed by atoms with Gasteiger partial charge in [0.15, 0.2) is 0 Å². The smallest absolute Gasteiger partial charge is 0.203 e. The maximum atomic E-state index is 4.59. The van der Waals surface area contributed by atoms with Crippen LogP contribution in [-0.4, -0.2) is 19.3 Å². The Morgan fingerprint density at radius 3 is 2.68 bits per heavy atom. The summed E-state index contributed by atoms with van der Waals surface area (Å²) in [5, 5.41) is 7.71. The molecule has 0 saturated heterocycles. The first-order valence-electron chi connectivity index (χ1n) is 6.29. The lowest BCUT2D eigenvalue weighted by atomic mass is 10.3. The highest BCUT2D eigenvalue weighted by Gasteiger charge is 2.08. The summed E-state index contributed by atoms with van der Waals surface area (Å²) in [4.78, 5) is 4.59. The molecule has 0 spiro atoms. The van der Waals surface area contributed by atoms with Crippen molar-refractivity contribution in [2.75, 3.05) is 5.32 Å². The lowest BCUT2D eigenvalue weighted by Crippen LogP contribution is -2.05. The van der Waals surface area contributed by atoms with Crippen LogP contribution < -0.4 is 5.32 Å². The van der Waals surface area contributed by atoms with Gasteiger partial charge in [0.05, 0.1) is 16.7 Å². The molecule has 1 aromatic carbocycles. The van der Waals surface area contributed by atoms with Gasteiger partial charge in [0.2, 0.25) is 5.95 Å². The number of para-hydroxylation sites is 2. The third-order valence-corrected chi connectivity index (χ3v) is 3.34. The van der Waals surface area contributed by atoms with E-state index in [2.05, 4.69) is 26.0 Å². The number of aryl methyl sites for hydroxylation is 3. The third-order valence-electron chi connectivity index (χ3n) is 3.34. The lowest BCUT2D eigenvalue weighted by molar-refractivity contribution is 0.756. The minimum atomic E-state index is 0.733. The van der Waals surface area contributed by atoms with Crippen LogP contribution in [0.5, 0.6) is 0 Å². The van der Waals surface area contributed by atoms with E-state index in [0.29, 0.717) is 0 Å². The predicted octanol–water partition coefficient (Wildman–Crippen LogP) is 2.23. The normalized spacial score (nSPS) is 11.1. The molecule has 0 unspecified atom stereocenters. The molecule has 1 N–H and O–H groups in total. The van der Waals surface area contributed by atoms with Crippen molar-refractivity contribution in [3.63, 3.8) is 0 Å². The molecule has 0 atom stereocenters. The second-order valence-electron chi connectivity index (χ2n) is 4.75. The van der Waals surface area contributed by atoms with Crippen molar-refractivity contribution in [1.29, 1.82) is 0 Å². The molecule has 0 saturated carbocycles. The number of hydrogen-bond acceptors (Lipinski definition) is 3. The minimum Gasteiger partial charge on any atom is -0.351 e. The van der Waals surface area contributed by atoms with Crippen LogP contribution in [-0.2, 0) is 20.6 Å². The Morgan fingerprint density at radius 2 is 2.00 bits per heavy atom. The zero-order chi connectivity index (χ0) is 13.4. The van der Waals surface area contributed by atoms with E-state index in [4.69, 9.17) is 0 Å². The van der Waals surface area contributed by atoms with Crippen molar-refractivity contribution >= 4 is 17.0 Å². The fraction of sp³-hybridized carbons (Fsp3) is 0.286. The summed E-state index contributed by atoms with van der Waals surface area (Å²) in [6.07, 6.45) is 2.03. The number of hydrogen-bond donors (Lipinski definition) is 1. The van der Waals surface area contributed by atoms with E-state index in [1.807, 2.05) is 50.1 Å². The number of rotatable bonds is 3. The van der Waals surface area contributed by atoms with Gasteiger partial charge in [-0.2, -0.15) is 5.10 Å². The average Bonchev–Trinajstić information content (AvgIpc) is 2.88. The molecule has 0 aliphatic rings. The Kier molecular flexibility index (Phi) is 2.74. The molecule has 2 aromatic heterocycles. The standard InChI is InChI=1S/C14H17N5/c1-10-11(9-18(2)17-10)8-15-14-16-12-6-4-5-7-13(12)19(14)3/h4-7,9H,8H2,1-3H3,(H,15,16). The van der Waals surface area contributed by atoms with Gasteiger partial charge < -0.3 is 9.88 Å². The third kappa shape index (κ3) is 2.07. The molecule has 0 radical (unpaired) electrons. The molecule has 5 nitrogen and oxygen atoms in total. The SMILES string of the molecule is Cc1nn(C)cc1CNc1nc2ccccc2n1C. The highest BCUT2D eigenvalue weighted by molar-refractivity contribution is 5.78. The van der Waals surface area contributed by atoms with E-state index < -0.39 is 0 Å². The fourth-order valence-electron chi connectivity index (χ4n) is 2.30. The molecule has 0 amide bonds. The van der Waals surface area contributed by atoms with E-state index in [1.54, 1.807) is 0 Å². The molecular weight excluding hydrogens is 238 g/mol. The first-order chi connectivity index (χ1) is 9.15. The first kappa shape index (κ1) is 11.8. The highest BCUT2D eigenvalue weighted by atomic mass is 15.3. The van der Waals surface area contributed by atoms with Crippen LogP contribution in [0, 0.1) is 6.92 Å². The molecular formula is C14H17N5. The summed E-state index contributed by atoms with van der Waals surface area (Å²) in [6, 6.07) is 8.13. The van der Waals surface area contributed by atoms with Crippen molar-refractivity contribution in [3.05, 3.63) is 41.7 Å². The average molecular weight is 255 g/mol. The number of nitrogens with zero attached hydrogens (tertiary/aromatic N) is 4. The van der Waals surface area contributed by atoms with E-state index in [9.17, 15) is 0 Å². The molecule has 5 heteroatoms. The molecule has 0 aliphatic heterocycles. The number of imidazole rings is 1. The summed E-state index contributed by atoms with van der Waals surface area (Å²) < 4.78 is 3.91. The second kappa shape index (κ2) is 4.42. The van der Waals surface area contributed by atoms with Crippen LogP contribution in [0.2, 0.25) is 0 Å². The molecule has 0 fully saturated rings. The van der Waals surface area contributed by atoms with Gasteiger partial charge in [-0.15, -0.1) is 0 Å². The van der Waals surface area contributed by atoms with E-state index >= 15 is 0 Å². The minimum absolute atomic E-state index is 0.733. The summed E-state index contributed by atoms with van der Waals surface area (Å²) in [6.45, 7) is 2.75. The van der Waals surface area contributed by atoms with Crippen LogP contribution in [0.4, 0.5) is 5.95 Å². The zero-order valence-corrected chi connectivity index (χ0v) is 11.4. The number of anilines is 1. The van der Waals surface area contributed by atoms with Crippen LogP contribution in [0.15, 0.2) is 30.5 Å². The van der Waals surface area contributed by atoms with Crippen LogP contribution in [0.1, 0.15) is 11.3 Å². The first-order valence-corrected chi connectivity index (χ1v) is 6.29. The molecule has 19 heavy (non-hydrogen) atoms. The zero-order valence-electron chi connectivity index (χ0n) is 11.4. The highest BCUT2D eigenvalue weighted by Crippen LogP contribution is 2.18. The van der Waals surface area contributed by atoms with Crippen LogP contribution in [0.3, 0.4) is 0 Å². The summed E-state index contributed by atoms with van der Waals surface area (Å²) in [5.74, 6) is 0.879. The molecule has 0 bridgehead atoms. The van der Waals surface area contributed by atoms with Gasteiger partial charge in [-0.1, -0.05) is 12.1 Å². The number of benzene rings is 1. The summed E-state index contributed by atoms with van der Waals surface area (Å²) in [5.41, 5.74) is 4.38. The lowest BCUT2D eigenvalue weighted by Gasteiger charge is -2.05. The van der Waals surface area contributed by atoms with Gasteiger partial charge in [0.1, 0.15) is 0 Å². The summed E-state index contributed by atoms with van der Waals surface area (Å²) >= 11 is 0. The molecule has 3 aromatic rings. The Labute approximate surface area is 111 Å². The molecule has 98 valence electrons. The molecule has 2 heterocycles. The fourth-order valence-corrected chi connectivity index (χ4v) is 2.30. The quantitative estimate of drug-likeness (QED) is 0.780. The van der Waals surface area contributed by atoms with Gasteiger partial charge in [-0.25, -0.2) is 4.98 Å². The van der Waals surface area contributed by atoms with Crippen molar-refractivity contribution in [2.45, 2.75) is 13.5 Å². The Balaban J connectivity index is 1.86. The second-order valence-corrected chi connectivity index (χ2v) is 4.75. The van der Waals surface area contributed by atoms with E-state index in [0.717, 1.165) is 29.2 Å². The topological polar surface area (TPSA) is 47.7 Å². The van der Waals surface area contributed by atoms with Gasteiger partial charge >= 0.3 is 0 Å². The van der Waals surface area contributed by atoms with Gasteiger partial charge in [0, 0.05) is 32.4 Å². The molecule has 3 rings (SSSR count). The van der Waals surface area contributed by atoms with Gasteiger partial charge in [-0.3, -0.25) is 4.68 Å². The Hall–Kier alpha value is -2.30. The van der Waals surface area contributed by atoms with Crippen molar-refractivity contribution in [3.8, 4) is 0 Å². The van der Waals surface area contributed by atoms with Crippen LogP contribution in [0.25, 0.3) is 11.0 Å².